The topological polar surface area (TPSA) is 72.9 Å². The lowest BCUT2D eigenvalue weighted by Gasteiger charge is -2.35. The summed E-state index contributed by atoms with van der Waals surface area (Å²) in [5, 5.41) is 5.52. The van der Waals surface area contributed by atoms with Crippen LogP contribution in [0.3, 0.4) is 0 Å². The number of methoxy groups -OCH3 is 2. The molecule has 158 valence electrons. The molecular formula is C21H29N3O4S. The molecule has 0 spiro atoms. The van der Waals surface area contributed by atoms with E-state index in [2.05, 4.69) is 29.0 Å². The molecule has 3 rings (SSSR count). The van der Waals surface area contributed by atoms with Crippen molar-refractivity contribution in [3.8, 4) is 22.1 Å². The summed E-state index contributed by atoms with van der Waals surface area (Å²) in [5.41, 5.74) is 1.33. The van der Waals surface area contributed by atoms with Gasteiger partial charge in [0.25, 0.3) is 5.91 Å². The first-order valence-corrected chi connectivity index (χ1v) is 10.7. The van der Waals surface area contributed by atoms with Crippen molar-refractivity contribution in [2.24, 2.45) is 0 Å². The third kappa shape index (κ3) is 5.68. The average molecular weight is 420 g/mol. The summed E-state index contributed by atoms with van der Waals surface area (Å²) in [7, 11) is 3.20. The second-order valence-electron chi connectivity index (χ2n) is 7.23. The molecule has 2 aromatic rings. The smallest absolute Gasteiger partial charge is 0.270 e. The molecule has 2 atom stereocenters. The lowest BCUT2D eigenvalue weighted by molar-refractivity contribution is -0.0679. The van der Waals surface area contributed by atoms with Gasteiger partial charge in [-0.2, -0.15) is 0 Å². The highest BCUT2D eigenvalue weighted by atomic mass is 32.1. The van der Waals surface area contributed by atoms with Crippen LogP contribution in [0.5, 0.6) is 11.5 Å². The molecule has 1 saturated heterocycles. The number of ether oxygens (including phenoxy) is 3. The first-order valence-electron chi connectivity index (χ1n) is 9.84. The molecule has 2 heterocycles. The standard InChI is InChI=1S/C21H29N3O4S/c1-14-11-24(12-15(2)28-14)9-5-8-22-20(25)17-13-29-21(23-17)16-6-7-18(26-3)19(10-16)27-4/h6-7,10,13-15H,5,8-9,11-12H2,1-4H3,(H,22,25). The quantitative estimate of drug-likeness (QED) is 0.663. The number of benzene rings is 1. The van der Waals surface area contributed by atoms with E-state index in [4.69, 9.17) is 14.2 Å². The van der Waals surface area contributed by atoms with Crippen molar-refractivity contribution < 1.29 is 19.0 Å². The second kappa shape index (κ2) is 10.0. The maximum atomic E-state index is 12.4. The van der Waals surface area contributed by atoms with Crippen molar-refractivity contribution in [1.29, 1.82) is 0 Å². The van der Waals surface area contributed by atoms with Gasteiger partial charge in [-0.1, -0.05) is 0 Å². The van der Waals surface area contributed by atoms with Crippen molar-refractivity contribution >= 4 is 17.2 Å². The average Bonchev–Trinajstić information content (AvgIpc) is 3.20. The first kappa shape index (κ1) is 21.5. The lowest BCUT2D eigenvalue weighted by Crippen LogP contribution is -2.46. The van der Waals surface area contributed by atoms with E-state index in [1.54, 1.807) is 19.6 Å². The number of amides is 1. The zero-order chi connectivity index (χ0) is 20.8. The minimum Gasteiger partial charge on any atom is -0.493 e. The van der Waals surface area contributed by atoms with Crippen molar-refractivity contribution in [2.75, 3.05) is 40.4 Å². The number of nitrogens with one attached hydrogen (secondary N) is 1. The van der Waals surface area contributed by atoms with Crippen LogP contribution in [0.1, 0.15) is 30.8 Å². The molecule has 1 aromatic heterocycles. The number of rotatable bonds is 8. The fourth-order valence-corrected chi connectivity index (χ4v) is 4.34. The summed E-state index contributed by atoms with van der Waals surface area (Å²) in [4.78, 5) is 19.3. The van der Waals surface area contributed by atoms with Gasteiger partial charge in [0.15, 0.2) is 11.5 Å². The van der Waals surface area contributed by atoms with E-state index >= 15 is 0 Å². The van der Waals surface area contributed by atoms with Crippen LogP contribution in [0.15, 0.2) is 23.6 Å². The molecule has 1 fully saturated rings. The minimum atomic E-state index is -0.142. The van der Waals surface area contributed by atoms with E-state index in [1.165, 1.54) is 11.3 Å². The van der Waals surface area contributed by atoms with Gasteiger partial charge < -0.3 is 19.5 Å². The van der Waals surface area contributed by atoms with Crippen LogP contribution in [0.2, 0.25) is 0 Å². The fourth-order valence-electron chi connectivity index (χ4n) is 3.54. The number of thiazole rings is 1. The van der Waals surface area contributed by atoms with Gasteiger partial charge >= 0.3 is 0 Å². The maximum absolute atomic E-state index is 12.4. The molecule has 0 aliphatic carbocycles. The van der Waals surface area contributed by atoms with Crippen LogP contribution < -0.4 is 14.8 Å². The molecule has 2 unspecified atom stereocenters. The highest BCUT2D eigenvalue weighted by Gasteiger charge is 2.21. The molecule has 1 aromatic carbocycles. The summed E-state index contributed by atoms with van der Waals surface area (Å²) in [6.45, 7) is 7.66. The van der Waals surface area contributed by atoms with E-state index < -0.39 is 0 Å². The highest BCUT2D eigenvalue weighted by Crippen LogP contribution is 2.33. The number of hydrogen-bond donors (Lipinski definition) is 1. The molecule has 29 heavy (non-hydrogen) atoms. The third-order valence-electron chi connectivity index (χ3n) is 4.80. The summed E-state index contributed by atoms with van der Waals surface area (Å²) in [5.74, 6) is 1.16. The van der Waals surface area contributed by atoms with Gasteiger partial charge in [0.05, 0.1) is 26.4 Å². The van der Waals surface area contributed by atoms with E-state index in [1.807, 2.05) is 18.2 Å². The molecule has 0 saturated carbocycles. The van der Waals surface area contributed by atoms with E-state index in [0.29, 0.717) is 23.7 Å². The number of carbonyl (C=O) groups excluding carboxylic acids is 1. The van der Waals surface area contributed by atoms with E-state index in [-0.39, 0.29) is 18.1 Å². The summed E-state index contributed by atoms with van der Waals surface area (Å²) in [6.07, 6.45) is 1.43. The number of aromatic nitrogens is 1. The number of nitrogens with zero attached hydrogens (tertiary/aromatic N) is 2. The molecular weight excluding hydrogens is 390 g/mol. The molecule has 1 aliphatic rings. The molecule has 1 N–H and O–H groups in total. The highest BCUT2D eigenvalue weighted by molar-refractivity contribution is 7.13. The van der Waals surface area contributed by atoms with Crippen molar-refractivity contribution in [3.63, 3.8) is 0 Å². The maximum Gasteiger partial charge on any atom is 0.270 e. The fraction of sp³-hybridized carbons (Fsp3) is 0.524. The van der Waals surface area contributed by atoms with Gasteiger partial charge in [0.2, 0.25) is 0 Å². The predicted molar refractivity (Wildman–Crippen MR) is 114 cm³/mol. The lowest BCUT2D eigenvalue weighted by atomic mass is 10.2. The van der Waals surface area contributed by atoms with Crippen LogP contribution in [0.4, 0.5) is 0 Å². The zero-order valence-electron chi connectivity index (χ0n) is 17.4. The van der Waals surface area contributed by atoms with Gasteiger partial charge in [-0.15, -0.1) is 11.3 Å². The predicted octanol–water partition coefficient (Wildman–Crippen LogP) is 3.06. The van der Waals surface area contributed by atoms with Gasteiger partial charge in [0, 0.05) is 37.1 Å². The Bertz CT molecular complexity index is 816. The van der Waals surface area contributed by atoms with Gasteiger partial charge in [-0.25, -0.2) is 4.98 Å². The Balaban J connectivity index is 1.50. The number of carbonyl (C=O) groups is 1. The van der Waals surface area contributed by atoms with Gasteiger partial charge in [-0.3, -0.25) is 9.69 Å². The molecule has 7 nitrogen and oxygen atoms in total. The molecule has 1 amide bonds. The van der Waals surface area contributed by atoms with Crippen LogP contribution in [0.25, 0.3) is 10.6 Å². The molecule has 0 bridgehead atoms. The molecule has 1 aliphatic heterocycles. The van der Waals surface area contributed by atoms with Crippen molar-refractivity contribution in [3.05, 3.63) is 29.3 Å². The first-order chi connectivity index (χ1) is 14.0. The van der Waals surface area contributed by atoms with Crippen LogP contribution in [-0.4, -0.2) is 68.4 Å². The number of morpholine rings is 1. The summed E-state index contributed by atoms with van der Waals surface area (Å²) in [6, 6.07) is 5.61. The Morgan fingerprint density at radius 3 is 2.66 bits per heavy atom. The minimum absolute atomic E-state index is 0.142. The Kier molecular flexibility index (Phi) is 7.46. The SMILES string of the molecule is COc1ccc(-c2nc(C(=O)NCCCN3CC(C)OC(C)C3)cs2)cc1OC. The Morgan fingerprint density at radius 2 is 1.97 bits per heavy atom. The van der Waals surface area contributed by atoms with Crippen molar-refractivity contribution in [1.82, 2.24) is 15.2 Å². The Morgan fingerprint density at radius 1 is 1.24 bits per heavy atom. The molecule has 8 heteroatoms. The number of hydrogen-bond acceptors (Lipinski definition) is 7. The Labute approximate surface area is 176 Å². The normalized spacial score (nSPS) is 19.7. The van der Waals surface area contributed by atoms with Crippen LogP contribution >= 0.6 is 11.3 Å². The largest absolute Gasteiger partial charge is 0.493 e. The van der Waals surface area contributed by atoms with Gasteiger partial charge in [0.1, 0.15) is 10.7 Å². The van der Waals surface area contributed by atoms with Crippen molar-refractivity contribution in [2.45, 2.75) is 32.5 Å². The van der Waals surface area contributed by atoms with E-state index in [9.17, 15) is 4.79 Å². The summed E-state index contributed by atoms with van der Waals surface area (Å²) < 4.78 is 16.4. The zero-order valence-corrected chi connectivity index (χ0v) is 18.3. The monoisotopic (exact) mass is 419 g/mol. The second-order valence-corrected chi connectivity index (χ2v) is 8.09. The summed E-state index contributed by atoms with van der Waals surface area (Å²) >= 11 is 1.44. The molecule has 0 radical (unpaired) electrons. The van der Waals surface area contributed by atoms with Crippen LogP contribution in [-0.2, 0) is 4.74 Å². The van der Waals surface area contributed by atoms with E-state index in [0.717, 1.165) is 36.6 Å². The third-order valence-corrected chi connectivity index (χ3v) is 5.69. The van der Waals surface area contributed by atoms with Crippen LogP contribution in [0, 0.1) is 0 Å². The Hall–Kier alpha value is -2.16. The van der Waals surface area contributed by atoms with Gasteiger partial charge in [-0.05, 0) is 38.5 Å².